The molecule has 2 aromatic heterocycles. The first-order valence-electron chi connectivity index (χ1n) is 7.96. The van der Waals surface area contributed by atoms with E-state index >= 15 is 0 Å². The summed E-state index contributed by atoms with van der Waals surface area (Å²) in [6.07, 6.45) is 2.53. The third-order valence-electron chi connectivity index (χ3n) is 3.61. The Hall–Kier alpha value is -2.67. The van der Waals surface area contributed by atoms with E-state index < -0.39 is 0 Å². The first-order chi connectivity index (χ1) is 12.1. The molecule has 0 aliphatic heterocycles. The Kier molecular flexibility index (Phi) is 5.14. The van der Waals surface area contributed by atoms with E-state index in [2.05, 4.69) is 10.1 Å². The summed E-state index contributed by atoms with van der Waals surface area (Å²) < 4.78 is 12.3. The average Bonchev–Trinajstić information content (AvgIpc) is 3.08. The molecule has 0 aliphatic carbocycles. The van der Waals surface area contributed by atoms with Gasteiger partial charge in [0.1, 0.15) is 10.7 Å². The highest BCUT2D eigenvalue weighted by Gasteiger charge is 2.08. The maximum Gasteiger partial charge on any atom is 0.282 e. The Morgan fingerprint density at radius 2 is 2.16 bits per heavy atom. The van der Waals surface area contributed by atoms with E-state index in [1.165, 1.54) is 16.0 Å². The zero-order valence-corrected chi connectivity index (χ0v) is 15.2. The van der Waals surface area contributed by atoms with Crippen LogP contribution in [0.25, 0.3) is 10.2 Å². The second-order valence-electron chi connectivity index (χ2n) is 5.42. The summed E-state index contributed by atoms with van der Waals surface area (Å²) in [6.45, 7) is 4.44. The predicted molar refractivity (Wildman–Crippen MR) is 100 cm³/mol. The molecule has 0 aliphatic rings. The van der Waals surface area contributed by atoms with Crippen LogP contribution in [0.5, 0.6) is 11.5 Å². The van der Waals surface area contributed by atoms with E-state index in [1.807, 2.05) is 30.5 Å². The van der Waals surface area contributed by atoms with Gasteiger partial charge in [0.2, 0.25) is 0 Å². The van der Waals surface area contributed by atoms with Crippen molar-refractivity contribution in [3.05, 3.63) is 51.4 Å². The first kappa shape index (κ1) is 17.2. The van der Waals surface area contributed by atoms with Gasteiger partial charge in [-0.05, 0) is 48.6 Å². The number of nitrogens with zero attached hydrogens (tertiary/aromatic N) is 3. The van der Waals surface area contributed by atoms with Gasteiger partial charge >= 0.3 is 0 Å². The number of benzene rings is 1. The number of aromatic nitrogens is 2. The molecule has 0 fully saturated rings. The summed E-state index contributed by atoms with van der Waals surface area (Å²) >= 11 is 1.45. The Balaban J connectivity index is 1.93. The standard InChI is InChI=1S/C18H19N3O3S/c1-4-8-24-15-6-5-13(10-16(15)23-3)11-19-21-12(2)20-17-14(18(21)22)7-9-25-17/h5-7,9-11H,4,8H2,1-3H3/b19-11-. The van der Waals surface area contributed by atoms with Gasteiger partial charge in [0.15, 0.2) is 11.5 Å². The molecule has 0 amide bonds. The average molecular weight is 357 g/mol. The second kappa shape index (κ2) is 7.48. The lowest BCUT2D eigenvalue weighted by Gasteiger charge is -2.10. The van der Waals surface area contributed by atoms with Crippen LogP contribution >= 0.6 is 11.3 Å². The molecule has 0 unspecified atom stereocenters. The Morgan fingerprint density at radius 1 is 1.32 bits per heavy atom. The lowest BCUT2D eigenvalue weighted by molar-refractivity contribution is 0.294. The molecule has 2 heterocycles. The molecular weight excluding hydrogens is 338 g/mol. The predicted octanol–water partition coefficient (Wildman–Crippen LogP) is 3.45. The van der Waals surface area contributed by atoms with E-state index in [0.717, 1.165) is 16.8 Å². The summed E-state index contributed by atoms with van der Waals surface area (Å²) in [6, 6.07) is 7.30. The zero-order valence-electron chi connectivity index (χ0n) is 14.4. The molecule has 1 aromatic carbocycles. The fraction of sp³-hybridized carbons (Fsp3) is 0.278. The third kappa shape index (κ3) is 3.56. The highest BCUT2D eigenvalue weighted by molar-refractivity contribution is 7.16. The van der Waals surface area contributed by atoms with Crippen LogP contribution in [0.1, 0.15) is 24.7 Å². The molecule has 3 aromatic rings. The summed E-state index contributed by atoms with van der Waals surface area (Å²) in [4.78, 5) is 17.6. The minimum atomic E-state index is -0.171. The Morgan fingerprint density at radius 3 is 2.92 bits per heavy atom. The van der Waals surface area contributed by atoms with Crippen LogP contribution in [-0.4, -0.2) is 29.6 Å². The highest BCUT2D eigenvalue weighted by Crippen LogP contribution is 2.27. The minimum Gasteiger partial charge on any atom is -0.493 e. The molecule has 0 saturated heterocycles. The second-order valence-corrected chi connectivity index (χ2v) is 6.31. The number of ether oxygens (including phenoxy) is 2. The van der Waals surface area contributed by atoms with Crippen LogP contribution in [0, 0.1) is 6.92 Å². The van der Waals surface area contributed by atoms with Crippen molar-refractivity contribution in [2.75, 3.05) is 13.7 Å². The largest absolute Gasteiger partial charge is 0.493 e. The normalized spacial score (nSPS) is 11.3. The van der Waals surface area contributed by atoms with Crippen molar-refractivity contribution in [3.8, 4) is 11.5 Å². The number of aryl methyl sites for hydroxylation is 1. The van der Waals surface area contributed by atoms with Gasteiger partial charge in [-0.1, -0.05) is 6.92 Å². The van der Waals surface area contributed by atoms with Crippen molar-refractivity contribution in [1.29, 1.82) is 0 Å². The fourth-order valence-electron chi connectivity index (χ4n) is 2.36. The van der Waals surface area contributed by atoms with Crippen molar-refractivity contribution in [3.63, 3.8) is 0 Å². The van der Waals surface area contributed by atoms with Crippen LogP contribution in [0.2, 0.25) is 0 Å². The van der Waals surface area contributed by atoms with Crippen molar-refractivity contribution in [1.82, 2.24) is 9.66 Å². The molecule has 0 saturated carbocycles. The SMILES string of the molecule is CCCOc1ccc(/C=N\n2c(C)nc3sccc3c2=O)cc1OC. The van der Waals surface area contributed by atoms with E-state index in [1.54, 1.807) is 26.3 Å². The topological polar surface area (TPSA) is 65.7 Å². The van der Waals surface area contributed by atoms with Gasteiger partial charge in [-0.3, -0.25) is 4.79 Å². The molecule has 130 valence electrons. The molecule has 0 bridgehead atoms. The molecule has 25 heavy (non-hydrogen) atoms. The van der Waals surface area contributed by atoms with Gasteiger partial charge in [0.25, 0.3) is 5.56 Å². The zero-order chi connectivity index (χ0) is 17.8. The third-order valence-corrected chi connectivity index (χ3v) is 4.42. The fourth-order valence-corrected chi connectivity index (χ4v) is 3.16. The maximum absolute atomic E-state index is 12.5. The van der Waals surface area contributed by atoms with E-state index in [4.69, 9.17) is 9.47 Å². The molecule has 3 rings (SSSR count). The minimum absolute atomic E-state index is 0.171. The van der Waals surface area contributed by atoms with Crippen molar-refractivity contribution in [2.45, 2.75) is 20.3 Å². The van der Waals surface area contributed by atoms with Crippen LogP contribution in [0.3, 0.4) is 0 Å². The quantitative estimate of drug-likeness (QED) is 0.634. The van der Waals surface area contributed by atoms with Gasteiger partial charge in [-0.15, -0.1) is 11.3 Å². The summed E-state index contributed by atoms with van der Waals surface area (Å²) in [5.74, 6) is 1.87. The summed E-state index contributed by atoms with van der Waals surface area (Å²) in [5, 5.41) is 6.73. The number of rotatable bonds is 6. The molecule has 0 radical (unpaired) electrons. The Bertz CT molecular complexity index is 975. The first-order valence-corrected chi connectivity index (χ1v) is 8.84. The van der Waals surface area contributed by atoms with Crippen LogP contribution < -0.4 is 15.0 Å². The van der Waals surface area contributed by atoms with Gasteiger partial charge in [-0.25, -0.2) is 4.98 Å². The maximum atomic E-state index is 12.5. The lowest BCUT2D eigenvalue weighted by atomic mass is 10.2. The highest BCUT2D eigenvalue weighted by atomic mass is 32.1. The van der Waals surface area contributed by atoms with Gasteiger partial charge in [0.05, 0.1) is 25.3 Å². The summed E-state index contributed by atoms with van der Waals surface area (Å²) in [5.41, 5.74) is 0.632. The van der Waals surface area contributed by atoms with Crippen molar-refractivity contribution < 1.29 is 9.47 Å². The summed E-state index contributed by atoms with van der Waals surface area (Å²) in [7, 11) is 1.60. The number of fused-ring (bicyclic) bond motifs is 1. The lowest BCUT2D eigenvalue weighted by Crippen LogP contribution is -2.19. The molecule has 0 atom stereocenters. The van der Waals surface area contributed by atoms with E-state index in [0.29, 0.717) is 29.3 Å². The molecule has 0 N–H and O–H groups in total. The van der Waals surface area contributed by atoms with Crippen LogP contribution in [0.15, 0.2) is 39.5 Å². The van der Waals surface area contributed by atoms with E-state index in [-0.39, 0.29) is 5.56 Å². The molecule has 7 heteroatoms. The van der Waals surface area contributed by atoms with Crippen LogP contribution in [0.4, 0.5) is 0 Å². The van der Waals surface area contributed by atoms with Crippen molar-refractivity contribution >= 4 is 27.8 Å². The van der Waals surface area contributed by atoms with Gasteiger partial charge in [0, 0.05) is 0 Å². The number of methoxy groups -OCH3 is 1. The van der Waals surface area contributed by atoms with Gasteiger partial charge in [-0.2, -0.15) is 9.78 Å². The van der Waals surface area contributed by atoms with Crippen LogP contribution in [-0.2, 0) is 0 Å². The number of hydrogen-bond donors (Lipinski definition) is 0. The number of hydrogen-bond acceptors (Lipinski definition) is 6. The Labute approximate surface area is 149 Å². The number of thiophene rings is 1. The smallest absolute Gasteiger partial charge is 0.282 e. The van der Waals surface area contributed by atoms with E-state index in [9.17, 15) is 4.79 Å². The monoisotopic (exact) mass is 357 g/mol. The van der Waals surface area contributed by atoms with Crippen molar-refractivity contribution in [2.24, 2.45) is 5.10 Å². The molecule has 6 nitrogen and oxygen atoms in total. The molecular formula is C18H19N3O3S. The van der Waals surface area contributed by atoms with Gasteiger partial charge < -0.3 is 9.47 Å². The molecule has 0 spiro atoms.